The molecule has 4 heteroatoms. The van der Waals surface area contributed by atoms with Crippen molar-refractivity contribution in [1.82, 2.24) is 9.78 Å². The molecule has 3 rings (SSSR count). The Kier molecular flexibility index (Phi) is 5.81. The summed E-state index contributed by atoms with van der Waals surface area (Å²) in [7, 11) is 0. The quantitative estimate of drug-likeness (QED) is 0.848. The van der Waals surface area contributed by atoms with E-state index in [9.17, 15) is 0 Å². The molecule has 0 radical (unpaired) electrons. The lowest BCUT2D eigenvalue weighted by atomic mass is 10.2. The average molecular weight is 287 g/mol. The maximum absolute atomic E-state index is 5.36. The first-order chi connectivity index (χ1) is 10.2. The molecule has 1 aromatic carbocycles. The third-order valence-corrected chi connectivity index (χ3v) is 2.97. The fraction of sp³-hybridized carbons (Fsp3) is 0.471. The van der Waals surface area contributed by atoms with Gasteiger partial charge in [-0.1, -0.05) is 26.8 Å². The van der Waals surface area contributed by atoms with E-state index >= 15 is 0 Å². The second-order valence-corrected chi connectivity index (χ2v) is 5.80. The summed E-state index contributed by atoms with van der Waals surface area (Å²) in [4.78, 5) is 2.34. The van der Waals surface area contributed by atoms with Crippen LogP contribution < -0.4 is 4.90 Å². The molecular weight excluding hydrogens is 262 g/mol. The molecule has 1 fully saturated rings. The van der Waals surface area contributed by atoms with Gasteiger partial charge in [0.15, 0.2) is 0 Å². The van der Waals surface area contributed by atoms with Gasteiger partial charge in [-0.2, -0.15) is 5.10 Å². The van der Waals surface area contributed by atoms with Gasteiger partial charge in [0.1, 0.15) is 0 Å². The van der Waals surface area contributed by atoms with Gasteiger partial charge in [0.05, 0.1) is 18.9 Å². The van der Waals surface area contributed by atoms with Crippen LogP contribution in [0.5, 0.6) is 0 Å². The van der Waals surface area contributed by atoms with Crippen molar-refractivity contribution in [3.8, 4) is 5.69 Å². The summed E-state index contributed by atoms with van der Waals surface area (Å²) in [5.41, 5.74) is 2.33. The minimum atomic E-state index is 0.812. The molecule has 0 bridgehead atoms. The Hall–Kier alpha value is -1.81. The summed E-state index contributed by atoms with van der Waals surface area (Å²) >= 11 is 0. The Balaban J connectivity index is 0.000000361. The normalized spacial score (nSPS) is 14.8. The number of benzene rings is 1. The van der Waals surface area contributed by atoms with Crippen LogP contribution in [-0.2, 0) is 4.74 Å². The van der Waals surface area contributed by atoms with E-state index in [-0.39, 0.29) is 0 Å². The summed E-state index contributed by atoms with van der Waals surface area (Å²) in [5, 5.41) is 4.25. The number of anilines is 1. The van der Waals surface area contributed by atoms with Crippen molar-refractivity contribution >= 4 is 5.69 Å². The van der Waals surface area contributed by atoms with E-state index in [1.165, 1.54) is 5.69 Å². The number of aromatic nitrogens is 2. The molecule has 0 N–H and O–H groups in total. The Morgan fingerprint density at radius 3 is 2.33 bits per heavy atom. The molecule has 0 spiro atoms. The lowest BCUT2D eigenvalue weighted by Crippen LogP contribution is -2.36. The first kappa shape index (κ1) is 15.6. The molecule has 0 saturated carbocycles. The van der Waals surface area contributed by atoms with Crippen LogP contribution in [0.1, 0.15) is 20.8 Å². The smallest absolute Gasteiger partial charge is 0.0666 e. The van der Waals surface area contributed by atoms with Crippen LogP contribution in [0.25, 0.3) is 5.69 Å². The Bertz CT molecular complexity index is 514. The van der Waals surface area contributed by atoms with Crippen molar-refractivity contribution in [2.45, 2.75) is 20.8 Å². The van der Waals surface area contributed by atoms with Crippen molar-refractivity contribution in [3.63, 3.8) is 0 Å². The van der Waals surface area contributed by atoms with Gasteiger partial charge < -0.3 is 9.64 Å². The summed E-state index contributed by atoms with van der Waals surface area (Å²) in [6, 6.07) is 10.4. The maximum atomic E-state index is 5.36. The molecule has 1 aliphatic rings. The van der Waals surface area contributed by atoms with E-state index in [2.05, 4.69) is 55.0 Å². The zero-order valence-corrected chi connectivity index (χ0v) is 13.2. The van der Waals surface area contributed by atoms with E-state index in [0.717, 1.165) is 37.9 Å². The Morgan fingerprint density at radius 2 is 1.71 bits per heavy atom. The van der Waals surface area contributed by atoms with Gasteiger partial charge in [0, 0.05) is 31.2 Å². The van der Waals surface area contributed by atoms with Gasteiger partial charge in [-0.15, -0.1) is 0 Å². The van der Waals surface area contributed by atoms with Crippen LogP contribution in [0, 0.1) is 5.92 Å². The molecule has 1 saturated heterocycles. The number of rotatable bonds is 2. The van der Waals surface area contributed by atoms with Crippen LogP contribution >= 0.6 is 0 Å². The van der Waals surface area contributed by atoms with Gasteiger partial charge in [-0.05, 0) is 30.2 Å². The minimum Gasteiger partial charge on any atom is -0.378 e. The monoisotopic (exact) mass is 287 g/mol. The second-order valence-electron chi connectivity index (χ2n) is 5.80. The average Bonchev–Trinajstić information content (AvgIpc) is 3.02. The zero-order valence-electron chi connectivity index (χ0n) is 13.2. The lowest BCUT2D eigenvalue weighted by Gasteiger charge is -2.29. The van der Waals surface area contributed by atoms with E-state index in [1.807, 2.05) is 16.9 Å². The minimum absolute atomic E-state index is 0.812. The highest BCUT2D eigenvalue weighted by Gasteiger charge is 2.11. The molecule has 1 aliphatic heterocycles. The van der Waals surface area contributed by atoms with E-state index in [1.54, 1.807) is 6.20 Å². The van der Waals surface area contributed by atoms with E-state index in [0.29, 0.717) is 0 Å². The predicted molar refractivity (Wildman–Crippen MR) is 87.1 cm³/mol. The maximum Gasteiger partial charge on any atom is 0.0666 e. The molecule has 2 aromatic rings. The van der Waals surface area contributed by atoms with Gasteiger partial charge in [0.25, 0.3) is 0 Å². The van der Waals surface area contributed by atoms with Crippen molar-refractivity contribution in [1.29, 1.82) is 0 Å². The highest BCUT2D eigenvalue weighted by atomic mass is 16.5. The third kappa shape index (κ3) is 4.90. The van der Waals surface area contributed by atoms with Crippen molar-refractivity contribution in [2.24, 2.45) is 5.92 Å². The van der Waals surface area contributed by atoms with Crippen molar-refractivity contribution in [2.75, 3.05) is 31.2 Å². The number of hydrogen-bond donors (Lipinski definition) is 0. The molecule has 0 unspecified atom stereocenters. The molecule has 114 valence electrons. The molecule has 0 atom stereocenters. The van der Waals surface area contributed by atoms with Crippen LogP contribution in [0.2, 0.25) is 0 Å². The topological polar surface area (TPSA) is 30.3 Å². The highest BCUT2D eigenvalue weighted by molar-refractivity contribution is 5.53. The first-order valence-electron chi connectivity index (χ1n) is 7.59. The number of nitrogens with zero attached hydrogens (tertiary/aromatic N) is 3. The summed E-state index contributed by atoms with van der Waals surface area (Å²) in [6.07, 6.45) is 3.75. The van der Waals surface area contributed by atoms with Gasteiger partial charge >= 0.3 is 0 Å². The van der Waals surface area contributed by atoms with Crippen LogP contribution in [0.15, 0.2) is 42.7 Å². The Labute approximate surface area is 127 Å². The zero-order chi connectivity index (χ0) is 15.1. The first-order valence-corrected chi connectivity index (χ1v) is 7.59. The van der Waals surface area contributed by atoms with Crippen LogP contribution in [0.4, 0.5) is 5.69 Å². The molecule has 0 amide bonds. The number of hydrogen-bond acceptors (Lipinski definition) is 3. The molecule has 0 aliphatic carbocycles. The standard InChI is InChI=1S/C13H15N3O.C4H10/c1-3-12(15-7-9-17-10-8-15)11-13(4-1)16-6-2-5-14-16;1-4(2)3/h1-6,11H,7-10H2;4H,1-3H3. The summed E-state index contributed by atoms with van der Waals surface area (Å²) in [6.45, 7) is 10.0. The van der Waals surface area contributed by atoms with Gasteiger partial charge in [-0.3, -0.25) is 0 Å². The largest absolute Gasteiger partial charge is 0.378 e. The number of ether oxygens (including phenoxy) is 1. The molecule has 1 aromatic heterocycles. The van der Waals surface area contributed by atoms with E-state index in [4.69, 9.17) is 4.74 Å². The van der Waals surface area contributed by atoms with Crippen molar-refractivity contribution in [3.05, 3.63) is 42.7 Å². The summed E-state index contributed by atoms with van der Waals surface area (Å²) in [5.74, 6) is 0.833. The van der Waals surface area contributed by atoms with Crippen LogP contribution in [-0.4, -0.2) is 36.1 Å². The van der Waals surface area contributed by atoms with Gasteiger partial charge in [-0.25, -0.2) is 4.68 Å². The fourth-order valence-corrected chi connectivity index (χ4v) is 2.08. The summed E-state index contributed by atoms with van der Waals surface area (Å²) < 4.78 is 7.24. The predicted octanol–water partition coefficient (Wildman–Crippen LogP) is 3.37. The molecular formula is C17H25N3O. The molecule has 21 heavy (non-hydrogen) atoms. The fourth-order valence-electron chi connectivity index (χ4n) is 2.08. The second kappa shape index (κ2) is 7.84. The Morgan fingerprint density at radius 1 is 1.05 bits per heavy atom. The lowest BCUT2D eigenvalue weighted by molar-refractivity contribution is 0.122. The highest BCUT2D eigenvalue weighted by Crippen LogP contribution is 2.19. The molecule has 4 nitrogen and oxygen atoms in total. The SMILES string of the molecule is CC(C)C.c1cc(N2CCOCC2)cc(-n2cccn2)c1. The number of morpholine rings is 1. The third-order valence-electron chi connectivity index (χ3n) is 2.97. The van der Waals surface area contributed by atoms with Gasteiger partial charge in [0.2, 0.25) is 0 Å². The molecule has 2 heterocycles. The van der Waals surface area contributed by atoms with Crippen LogP contribution in [0.3, 0.4) is 0 Å². The van der Waals surface area contributed by atoms with Crippen molar-refractivity contribution < 1.29 is 4.74 Å². The van der Waals surface area contributed by atoms with E-state index < -0.39 is 0 Å².